The first-order valence-electron chi connectivity index (χ1n) is 7.64. The lowest BCUT2D eigenvalue weighted by atomic mass is 10.1. The molecule has 0 spiro atoms. The van der Waals surface area contributed by atoms with Crippen LogP contribution in [0, 0.1) is 0 Å². The van der Waals surface area contributed by atoms with E-state index in [0.29, 0.717) is 11.3 Å². The fourth-order valence-electron chi connectivity index (χ4n) is 2.92. The van der Waals surface area contributed by atoms with Gasteiger partial charge in [-0.2, -0.15) is 0 Å². The highest BCUT2D eigenvalue weighted by Crippen LogP contribution is 2.33. The number of benzene rings is 1. The number of aromatic nitrogens is 1. The molecule has 1 fully saturated rings. The Bertz CT molecular complexity index is 769. The number of ether oxygens (including phenoxy) is 1. The molecule has 0 N–H and O–H groups in total. The number of hydrogen-bond acceptors (Lipinski definition) is 4. The molecule has 24 heavy (non-hydrogen) atoms. The summed E-state index contributed by atoms with van der Waals surface area (Å²) in [6.07, 6.45) is -0.711. The maximum absolute atomic E-state index is 13.8. The Hall–Kier alpha value is -1.95. The third-order valence-corrected chi connectivity index (χ3v) is 4.39. The van der Waals surface area contributed by atoms with Crippen LogP contribution in [0.1, 0.15) is 23.2 Å². The van der Waals surface area contributed by atoms with Gasteiger partial charge in [0.15, 0.2) is 0 Å². The predicted molar refractivity (Wildman–Crippen MR) is 89.1 cm³/mol. The molecule has 7 heteroatoms. The summed E-state index contributed by atoms with van der Waals surface area (Å²) in [6, 6.07) is 8.99. The Balaban J connectivity index is 2.07. The van der Waals surface area contributed by atoms with Crippen LogP contribution in [0.25, 0.3) is 10.9 Å². The van der Waals surface area contributed by atoms with E-state index in [4.69, 9.17) is 16.3 Å². The molecular weight excluding hydrogens is 338 g/mol. The number of fused-ring (bicyclic) bond motifs is 1. The van der Waals surface area contributed by atoms with Crippen LogP contribution in [-0.2, 0) is 4.74 Å². The summed E-state index contributed by atoms with van der Waals surface area (Å²) in [7, 11) is 1.28. The smallest absolute Gasteiger partial charge is 0.341 e. The van der Waals surface area contributed by atoms with Gasteiger partial charge in [0.25, 0.3) is 5.92 Å². The molecule has 2 aromatic rings. The Morgan fingerprint density at radius 2 is 2.17 bits per heavy atom. The zero-order chi connectivity index (χ0) is 17.3. The van der Waals surface area contributed by atoms with Gasteiger partial charge in [-0.3, -0.25) is 0 Å². The highest BCUT2D eigenvalue weighted by Gasteiger charge is 2.37. The number of halogens is 3. The summed E-state index contributed by atoms with van der Waals surface area (Å²) < 4.78 is 32.3. The third-order valence-electron chi connectivity index (χ3n) is 4.09. The average Bonchev–Trinajstić information content (AvgIpc) is 2.69. The second-order valence-electron chi connectivity index (χ2n) is 5.90. The Labute approximate surface area is 143 Å². The van der Waals surface area contributed by atoms with Gasteiger partial charge in [-0.25, -0.2) is 18.6 Å². The second kappa shape index (κ2) is 6.51. The first-order chi connectivity index (χ1) is 11.4. The van der Waals surface area contributed by atoms with E-state index in [0.717, 1.165) is 5.39 Å². The van der Waals surface area contributed by atoms with Gasteiger partial charge in [-0.15, -0.1) is 11.6 Å². The van der Waals surface area contributed by atoms with Gasteiger partial charge in [-0.05, 0) is 12.1 Å². The van der Waals surface area contributed by atoms with E-state index >= 15 is 0 Å². The van der Waals surface area contributed by atoms with Gasteiger partial charge >= 0.3 is 5.97 Å². The van der Waals surface area contributed by atoms with Crippen molar-refractivity contribution in [1.82, 2.24) is 4.98 Å². The van der Waals surface area contributed by atoms with Crippen LogP contribution in [0.2, 0.25) is 0 Å². The number of esters is 1. The average molecular weight is 355 g/mol. The molecule has 1 aliphatic rings. The second-order valence-corrected chi connectivity index (χ2v) is 6.51. The minimum Gasteiger partial charge on any atom is -0.465 e. The quantitative estimate of drug-likeness (QED) is 0.606. The number of alkyl halides is 3. The van der Waals surface area contributed by atoms with E-state index in [1.165, 1.54) is 7.11 Å². The number of rotatable bonds is 2. The minimum absolute atomic E-state index is 0.0750. The van der Waals surface area contributed by atoms with Crippen molar-refractivity contribution in [2.75, 3.05) is 25.1 Å². The molecule has 0 saturated carbocycles. The van der Waals surface area contributed by atoms with E-state index in [-0.39, 0.29) is 31.5 Å². The van der Waals surface area contributed by atoms with Crippen LogP contribution in [0.3, 0.4) is 0 Å². The maximum atomic E-state index is 13.8. The Kier molecular flexibility index (Phi) is 4.58. The molecule has 1 unspecified atom stereocenters. The molecule has 1 saturated heterocycles. The summed E-state index contributed by atoms with van der Waals surface area (Å²) in [5.41, 5.74) is 0.938. The Morgan fingerprint density at radius 1 is 1.42 bits per heavy atom. The standard InChI is InChI=1S/C17H17ClF2N2O2/c1-24-16(23)13-8-11-4-2-3-5-14(11)21-15(13)22-7-6-17(19,20)9-12(18)10-22/h2-5,8,12H,6-7,9-10H2,1H3. The summed E-state index contributed by atoms with van der Waals surface area (Å²) in [5.74, 6) is -3.03. The van der Waals surface area contributed by atoms with E-state index in [1.807, 2.05) is 24.3 Å². The van der Waals surface area contributed by atoms with Crippen molar-refractivity contribution in [2.24, 2.45) is 0 Å². The molecule has 0 amide bonds. The van der Waals surface area contributed by atoms with Crippen molar-refractivity contribution in [3.8, 4) is 0 Å². The molecular formula is C17H17ClF2N2O2. The zero-order valence-corrected chi connectivity index (χ0v) is 13.9. The van der Waals surface area contributed by atoms with E-state index in [1.54, 1.807) is 11.0 Å². The number of methoxy groups -OCH3 is 1. The van der Waals surface area contributed by atoms with Crippen LogP contribution < -0.4 is 4.90 Å². The van der Waals surface area contributed by atoms with Crippen molar-refractivity contribution in [1.29, 1.82) is 0 Å². The third kappa shape index (κ3) is 3.43. The van der Waals surface area contributed by atoms with E-state index in [2.05, 4.69) is 4.98 Å². The monoisotopic (exact) mass is 354 g/mol. The summed E-state index contributed by atoms with van der Waals surface area (Å²) in [6.45, 7) is 0.276. The number of anilines is 1. The lowest BCUT2D eigenvalue weighted by Gasteiger charge is -2.25. The normalized spacial score (nSPS) is 20.7. The lowest BCUT2D eigenvalue weighted by Crippen LogP contribution is -2.31. The van der Waals surface area contributed by atoms with Gasteiger partial charge in [0.1, 0.15) is 11.4 Å². The molecule has 1 atom stereocenters. The number of hydrogen-bond donors (Lipinski definition) is 0. The van der Waals surface area contributed by atoms with Crippen molar-refractivity contribution in [3.63, 3.8) is 0 Å². The molecule has 1 aliphatic heterocycles. The Morgan fingerprint density at radius 3 is 2.92 bits per heavy atom. The molecule has 1 aromatic carbocycles. The van der Waals surface area contributed by atoms with Gasteiger partial charge < -0.3 is 9.64 Å². The fourth-order valence-corrected chi connectivity index (χ4v) is 3.31. The number of nitrogens with zero attached hydrogens (tertiary/aromatic N) is 2. The first kappa shape index (κ1) is 16.9. The number of carbonyl (C=O) groups excluding carboxylic acids is 1. The van der Waals surface area contributed by atoms with Crippen LogP contribution in [0.4, 0.5) is 14.6 Å². The largest absolute Gasteiger partial charge is 0.465 e. The van der Waals surface area contributed by atoms with Crippen LogP contribution in [0.5, 0.6) is 0 Å². The number of pyridine rings is 1. The highest BCUT2D eigenvalue weighted by atomic mass is 35.5. The van der Waals surface area contributed by atoms with Crippen LogP contribution in [0.15, 0.2) is 30.3 Å². The summed E-state index contributed by atoms with van der Waals surface area (Å²) >= 11 is 6.07. The van der Waals surface area contributed by atoms with Crippen LogP contribution >= 0.6 is 11.6 Å². The number of carbonyl (C=O) groups is 1. The van der Waals surface area contributed by atoms with E-state index in [9.17, 15) is 13.6 Å². The zero-order valence-electron chi connectivity index (χ0n) is 13.1. The van der Waals surface area contributed by atoms with Crippen molar-refractivity contribution in [3.05, 3.63) is 35.9 Å². The van der Waals surface area contributed by atoms with Gasteiger partial charge in [0, 0.05) is 31.3 Å². The lowest BCUT2D eigenvalue weighted by molar-refractivity contribution is -0.00933. The molecule has 4 nitrogen and oxygen atoms in total. The first-order valence-corrected chi connectivity index (χ1v) is 8.08. The summed E-state index contributed by atoms with van der Waals surface area (Å²) in [5, 5.41) is 0.0606. The van der Waals surface area contributed by atoms with Crippen molar-refractivity contribution in [2.45, 2.75) is 24.1 Å². The van der Waals surface area contributed by atoms with Gasteiger partial charge in [0.2, 0.25) is 0 Å². The van der Waals surface area contributed by atoms with Gasteiger partial charge in [-0.1, -0.05) is 18.2 Å². The SMILES string of the molecule is COC(=O)c1cc2ccccc2nc1N1CCC(F)(F)CC(Cl)C1. The topological polar surface area (TPSA) is 42.4 Å². The summed E-state index contributed by atoms with van der Waals surface area (Å²) in [4.78, 5) is 18.3. The van der Waals surface area contributed by atoms with Crippen LogP contribution in [-0.4, -0.2) is 42.5 Å². The highest BCUT2D eigenvalue weighted by molar-refractivity contribution is 6.21. The molecule has 2 heterocycles. The molecule has 3 rings (SSSR count). The number of para-hydroxylation sites is 1. The van der Waals surface area contributed by atoms with E-state index < -0.39 is 17.3 Å². The fraction of sp³-hybridized carbons (Fsp3) is 0.412. The molecule has 0 bridgehead atoms. The predicted octanol–water partition coefficient (Wildman–Crippen LogP) is 3.86. The van der Waals surface area contributed by atoms with Gasteiger partial charge in [0.05, 0.1) is 18.0 Å². The maximum Gasteiger partial charge on any atom is 0.341 e. The van der Waals surface area contributed by atoms with Crippen molar-refractivity contribution >= 4 is 34.3 Å². The van der Waals surface area contributed by atoms with Crippen molar-refractivity contribution < 1.29 is 18.3 Å². The molecule has 0 aliphatic carbocycles. The molecule has 0 radical (unpaired) electrons. The molecule has 1 aromatic heterocycles. The molecule has 128 valence electrons. The minimum atomic E-state index is -2.82.